The van der Waals surface area contributed by atoms with E-state index in [1.54, 1.807) is 0 Å². The molecule has 0 bridgehead atoms. The van der Waals surface area contributed by atoms with Crippen LogP contribution in [-0.4, -0.2) is 16.1 Å². The lowest BCUT2D eigenvalue weighted by atomic mass is 9.78. The third-order valence-electron chi connectivity index (χ3n) is 4.40. The van der Waals surface area contributed by atoms with Gasteiger partial charge in [-0.1, -0.05) is 6.92 Å². The average Bonchev–Trinajstić information content (AvgIpc) is 3.11. The molecule has 0 amide bonds. The highest BCUT2D eigenvalue weighted by Gasteiger charge is 2.39. The van der Waals surface area contributed by atoms with Crippen LogP contribution in [0.25, 0.3) is 0 Å². The number of nitrogens with zero attached hydrogens (tertiary/aromatic N) is 1. The molecule has 1 aromatic rings. The summed E-state index contributed by atoms with van der Waals surface area (Å²) in [6, 6.07) is 0. The smallest absolute Gasteiger partial charge is 0.347 e. The lowest BCUT2D eigenvalue weighted by Gasteiger charge is -2.34. The Labute approximate surface area is 117 Å². The first-order valence-electron chi connectivity index (χ1n) is 7.03. The molecule has 0 aromatic carbocycles. The van der Waals surface area contributed by atoms with E-state index in [0.717, 1.165) is 55.1 Å². The van der Waals surface area contributed by atoms with Crippen LogP contribution in [0.2, 0.25) is 0 Å². The summed E-state index contributed by atoms with van der Waals surface area (Å²) in [6.07, 6.45) is 6.19. The van der Waals surface area contributed by atoms with Gasteiger partial charge in [0.2, 0.25) is 0 Å². The maximum atomic E-state index is 11.3. The Morgan fingerprint density at radius 3 is 2.53 bits per heavy atom. The van der Waals surface area contributed by atoms with Gasteiger partial charge in [0, 0.05) is 5.92 Å². The molecule has 0 aliphatic heterocycles. The van der Waals surface area contributed by atoms with Crippen LogP contribution in [0.3, 0.4) is 0 Å². The zero-order valence-electron chi connectivity index (χ0n) is 11.2. The third-order valence-corrected chi connectivity index (χ3v) is 5.68. The fraction of sp³-hybridized carbons (Fsp3) is 0.714. The Morgan fingerprint density at radius 2 is 2.00 bits per heavy atom. The number of rotatable bonds is 3. The Balaban J connectivity index is 1.92. The second kappa shape index (κ2) is 4.56. The van der Waals surface area contributed by atoms with Crippen molar-refractivity contribution < 1.29 is 9.90 Å². The molecule has 104 valence electrons. The van der Waals surface area contributed by atoms with Crippen molar-refractivity contribution >= 4 is 17.3 Å². The van der Waals surface area contributed by atoms with E-state index in [0.29, 0.717) is 10.8 Å². The molecule has 5 heteroatoms. The molecule has 19 heavy (non-hydrogen) atoms. The molecule has 3 rings (SSSR count). The molecule has 0 atom stereocenters. The predicted octanol–water partition coefficient (Wildman–Crippen LogP) is 3.08. The van der Waals surface area contributed by atoms with Gasteiger partial charge in [-0.05, 0) is 44.4 Å². The maximum Gasteiger partial charge on any atom is 0.347 e. The van der Waals surface area contributed by atoms with Crippen LogP contribution in [0, 0.1) is 5.92 Å². The Morgan fingerprint density at radius 1 is 1.37 bits per heavy atom. The first-order chi connectivity index (χ1) is 8.99. The largest absolute Gasteiger partial charge is 0.477 e. The Bertz CT molecular complexity index is 500. The van der Waals surface area contributed by atoms with Crippen LogP contribution in [0.4, 0.5) is 0 Å². The highest BCUT2D eigenvalue weighted by Crippen LogP contribution is 2.46. The minimum Gasteiger partial charge on any atom is -0.477 e. The van der Waals surface area contributed by atoms with E-state index >= 15 is 0 Å². The summed E-state index contributed by atoms with van der Waals surface area (Å²) in [5.41, 5.74) is 6.89. The second-order valence-corrected chi connectivity index (χ2v) is 7.15. The number of carboxylic acid groups (broad SMARTS) is 1. The molecule has 4 nitrogen and oxygen atoms in total. The SMILES string of the molecule is CC1CCC(N)(c2nc(C3CC3)c(C(=O)O)s2)CC1. The quantitative estimate of drug-likeness (QED) is 0.892. The monoisotopic (exact) mass is 280 g/mol. The number of thiazole rings is 1. The fourth-order valence-corrected chi connectivity index (χ4v) is 3.97. The lowest BCUT2D eigenvalue weighted by molar-refractivity contribution is 0.0700. The van der Waals surface area contributed by atoms with Crippen molar-refractivity contribution in [2.24, 2.45) is 11.7 Å². The lowest BCUT2D eigenvalue weighted by Crippen LogP contribution is -2.40. The van der Waals surface area contributed by atoms with Crippen molar-refractivity contribution in [3.63, 3.8) is 0 Å². The Hall–Kier alpha value is -0.940. The molecule has 0 spiro atoms. The molecular formula is C14H20N2O2S. The molecule has 2 saturated carbocycles. The van der Waals surface area contributed by atoms with E-state index < -0.39 is 11.5 Å². The molecule has 0 radical (unpaired) electrons. The number of carboxylic acids is 1. The molecule has 0 saturated heterocycles. The summed E-state index contributed by atoms with van der Waals surface area (Å²) in [5.74, 6) is 0.235. The van der Waals surface area contributed by atoms with Crippen molar-refractivity contribution in [2.75, 3.05) is 0 Å². The van der Waals surface area contributed by atoms with Gasteiger partial charge >= 0.3 is 5.97 Å². The van der Waals surface area contributed by atoms with Gasteiger partial charge in [0.25, 0.3) is 0 Å². The highest BCUT2D eigenvalue weighted by atomic mass is 32.1. The van der Waals surface area contributed by atoms with Gasteiger partial charge < -0.3 is 10.8 Å². The van der Waals surface area contributed by atoms with Crippen LogP contribution in [0.5, 0.6) is 0 Å². The molecule has 3 N–H and O–H groups in total. The summed E-state index contributed by atoms with van der Waals surface area (Å²) in [5, 5.41) is 10.2. The fourth-order valence-electron chi connectivity index (χ4n) is 2.82. The van der Waals surface area contributed by atoms with Crippen LogP contribution in [-0.2, 0) is 5.54 Å². The van der Waals surface area contributed by atoms with Crippen molar-refractivity contribution in [3.8, 4) is 0 Å². The van der Waals surface area contributed by atoms with E-state index in [1.807, 2.05) is 0 Å². The van der Waals surface area contributed by atoms with Gasteiger partial charge in [-0.25, -0.2) is 9.78 Å². The van der Waals surface area contributed by atoms with Gasteiger partial charge in [-0.3, -0.25) is 0 Å². The van der Waals surface area contributed by atoms with E-state index in [1.165, 1.54) is 11.3 Å². The van der Waals surface area contributed by atoms with Gasteiger partial charge in [0.1, 0.15) is 9.88 Å². The van der Waals surface area contributed by atoms with Gasteiger partial charge in [0.15, 0.2) is 0 Å². The molecule has 2 aliphatic carbocycles. The number of hydrogen-bond acceptors (Lipinski definition) is 4. The number of aromatic nitrogens is 1. The van der Waals surface area contributed by atoms with Crippen molar-refractivity contribution in [1.29, 1.82) is 0 Å². The molecule has 0 unspecified atom stereocenters. The van der Waals surface area contributed by atoms with Crippen molar-refractivity contribution in [2.45, 2.75) is 56.9 Å². The number of aromatic carboxylic acids is 1. The maximum absolute atomic E-state index is 11.3. The molecular weight excluding hydrogens is 260 g/mol. The number of hydrogen-bond donors (Lipinski definition) is 2. The first kappa shape index (κ1) is 13.1. The molecule has 1 aromatic heterocycles. The highest BCUT2D eigenvalue weighted by molar-refractivity contribution is 7.13. The van der Waals surface area contributed by atoms with Gasteiger partial charge in [0.05, 0.1) is 11.2 Å². The number of nitrogens with two attached hydrogens (primary N) is 1. The first-order valence-corrected chi connectivity index (χ1v) is 7.84. The van der Waals surface area contributed by atoms with Crippen LogP contribution in [0.15, 0.2) is 0 Å². The minimum atomic E-state index is -0.849. The molecule has 2 aliphatic rings. The van der Waals surface area contributed by atoms with Crippen LogP contribution >= 0.6 is 11.3 Å². The van der Waals surface area contributed by atoms with Gasteiger partial charge in [-0.2, -0.15) is 0 Å². The summed E-state index contributed by atoms with van der Waals surface area (Å²) in [7, 11) is 0. The van der Waals surface area contributed by atoms with Crippen LogP contribution in [0.1, 0.15) is 71.7 Å². The average molecular weight is 280 g/mol. The van der Waals surface area contributed by atoms with Gasteiger partial charge in [-0.15, -0.1) is 11.3 Å². The molecule has 2 fully saturated rings. The summed E-state index contributed by atoms with van der Waals surface area (Å²) < 4.78 is 0. The molecule has 1 heterocycles. The third kappa shape index (κ3) is 2.41. The van der Waals surface area contributed by atoms with Crippen molar-refractivity contribution in [1.82, 2.24) is 4.98 Å². The zero-order valence-corrected chi connectivity index (χ0v) is 12.0. The van der Waals surface area contributed by atoms with E-state index in [9.17, 15) is 9.90 Å². The van der Waals surface area contributed by atoms with E-state index in [4.69, 9.17) is 5.73 Å². The summed E-state index contributed by atoms with van der Waals surface area (Å²) >= 11 is 1.31. The van der Waals surface area contributed by atoms with Crippen molar-refractivity contribution in [3.05, 3.63) is 15.6 Å². The normalized spacial score (nSPS) is 31.4. The van der Waals surface area contributed by atoms with Crippen LogP contribution < -0.4 is 5.73 Å². The zero-order chi connectivity index (χ0) is 13.6. The van der Waals surface area contributed by atoms with E-state index in [2.05, 4.69) is 11.9 Å². The predicted molar refractivity (Wildman–Crippen MR) is 74.5 cm³/mol. The summed E-state index contributed by atoms with van der Waals surface area (Å²) in [4.78, 5) is 16.4. The standard InChI is InChI=1S/C14H20N2O2S/c1-8-4-6-14(15,7-5-8)13-16-10(9-2-3-9)11(19-13)12(17)18/h8-9H,2-7,15H2,1H3,(H,17,18). The van der Waals surface area contributed by atoms with E-state index in [-0.39, 0.29) is 0 Å². The minimum absolute atomic E-state index is 0.363. The summed E-state index contributed by atoms with van der Waals surface area (Å²) in [6.45, 7) is 2.25. The topological polar surface area (TPSA) is 76.2 Å². The number of carbonyl (C=O) groups is 1. The second-order valence-electron chi connectivity index (χ2n) is 6.15. The Kier molecular flexibility index (Phi) is 3.14.